The van der Waals surface area contributed by atoms with Gasteiger partial charge >= 0.3 is 0 Å². The van der Waals surface area contributed by atoms with Crippen LogP contribution in [0.1, 0.15) is 5.56 Å². The van der Waals surface area contributed by atoms with Gasteiger partial charge in [-0.15, -0.1) is 10.2 Å². The molecule has 0 saturated carbocycles. The van der Waals surface area contributed by atoms with E-state index in [0.29, 0.717) is 5.75 Å². The zero-order valence-corrected chi connectivity index (χ0v) is 14.6. The smallest absolute Gasteiger partial charge is 0.196 e. The van der Waals surface area contributed by atoms with E-state index in [1.807, 2.05) is 53.1 Å². The van der Waals surface area contributed by atoms with Crippen LogP contribution in [0.5, 0.6) is 0 Å². The fraction of sp³-hybridized carbons (Fsp3) is 0.0500. The second-order valence-corrected chi connectivity index (χ2v) is 6.57. The van der Waals surface area contributed by atoms with Crippen molar-refractivity contribution >= 4 is 11.8 Å². The Morgan fingerprint density at radius 2 is 1.69 bits per heavy atom. The van der Waals surface area contributed by atoms with Crippen molar-refractivity contribution in [3.05, 3.63) is 90.5 Å². The van der Waals surface area contributed by atoms with Crippen LogP contribution in [-0.2, 0) is 5.75 Å². The zero-order valence-electron chi connectivity index (χ0n) is 13.8. The van der Waals surface area contributed by atoms with Crippen LogP contribution in [0, 0.1) is 5.82 Å². The molecule has 0 unspecified atom stereocenters. The molecule has 4 nitrogen and oxygen atoms in total. The number of pyridine rings is 1. The molecule has 0 aliphatic carbocycles. The maximum atomic E-state index is 13.4. The monoisotopic (exact) mass is 362 g/mol. The summed E-state index contributed by atoms with van der Waals surface area (Å²) in [6, 6.07) is 20.4. The molecular weight excluding hydrogens is 347 g/mol. The largest absolute Gasteiger partial charge is 0.270 e. The van der Waals surface area contributed by atoms with E-state index in [0.717, 1.165) is 27.8 Å². The van der Waals surface area contributed by atoms with Crippen molar-refractivity contribution in [1.82, 2.24) is 19.7 Å². The maximum Gasteiger partial charge on any atom is 0.196 e. The summed E-state index contributed by atoms with van der Waals surface area (Å²) in [5.74, 6) is 1.13. The number of rotatable bonds is 5. The lowest BCUT2D eigenvalue weighted by Gasteiger charge is -2.10. The van der Waals surface area contributed by atoms with Crippen LogP contribution in [0.2, 0.25) is 0 Å². The maximum absolute atomic E-state index is 13.4. The van der Waals surface area contributed by atoms with E-state index in [1.165, 1.54) is 17.8 Å². The van der Waals surface area contributed by atoms with Gasteiger partial charge in [-0.2, -0.15) is 0 Å². The van der Waals surface area contributed by atoms with Crippen LogP contribution < -0.4 is 0 Å². The first-order chi connectivity index (χ1) is 12.8. The van der Waals surface area contributed by atoms with Gasteiger partial charge in [0.1, 0.15) is 5.82 Å². The lowest BCUT2D eigenvalue weighted by atomic mass is 10.2. The van der Waals surface area contributed by atoms with Crippen molar-refractivity contribution in [1.29, 1.82) is 0 Å². The van der Waals surface area contributed by atoms with Crippen molar-refractivity contribution in [2.75, 3.05) is 0 Å². The minimum Gasteiger partial charge on any atom is -0.270 e. The van der Waals surface area contributed by atoms with Gasteiger partial charge in [0.25, 0.3) is 0 Å². The van der Waals surface area contributed by atoms with Crippen LogP contribution >= 0.6 is 11.8 Å². The van der Waals surface area contributed by atoms with Gasteiger partial charge in [0, 0.05) is 29.4 Å². The van der Waals surface area contributed by atoms with E-state index >= 15 is 0 Å². The summed E-state index contributed by atoms with van der Waals surface area (Å²) in [6.07, 6.45) is 3.47. The third-order valence-electron chi connectivity index (χ3n) is 3.84. The van der Waals surface area contributed by atoms with Crippen LogP contribution in [0.4, 0.5) is 4.39 Å². The van der Waals surface area contributed by atoms with Crippen LogP contribution in [0.3, 0.4) is 0 Å². The van der Waals surface area contributed by atoms with Crippen LogP contribution in [0.25, 0.3) is 17.1 Å². The zero-order chi connectivity index (χ0) is 17.8. The van der Waals surface area contributed by atoms with E-state index in [1.54, 1.807) is 24.5 Å². The molecule has 0 saturated heterocycles. The molecule has 0 N–H and O–H groups in total. The standard InChI is InChI=1S/C20H15FN4S/c21-17-6-4-5-15(13-17)14-26-20-24-23-19(16-9-11-22-12-10-16)25(20)18-7-2-1-3-8-18/h1-13H,14H2. The number of hydrogen-bond donors (Lipinski definition) is 0. The Balaban J connectivity index is 1.72. The van der Waals surface area contributed by atoms with E-state index in [9.17, 15) is 4.39 Å². The average Bonchev–Trinajstić information content (AvgIpc) is 3.12. The molecule has 0 bridgehead atoms. The first-order valence-electron chi connectivity index (χ1n) is 8.10. The molecule has 2 aromatic carbocycles. The number of para-hydroxylation sites is 1. The Kier molecular flexibility index (Phi) is 4.75. The SMILES string of the molecule is Fc1cccc(CSc2nnc(-c3ccncc3)n2-c2ccccc2)c1. The van der Waals surface area contributed by atoms with Gasteiger partial charge in [0.2, 0.25) is 0 Å². The Morgan fingerprint density at radius 1 is 0.885 bits per heavy atom. The summed E-state index contributed by atoms with van der Waals surface area (Å²) >= 11 is 1.53. The Morgan fingerprint density at radius 3 is 2.46 bits per heavy atom. The lowest BCUT2D eigenvalue weighted by Crippen LogP contribution is -1.99. The molecule has 0 amide bonds. The van der Waals surface area contributed by atoms with E-state index in [-0.39, 0.29) is 5.82 Å². The molecular formula is C20H15FN4S. The minimum atomic E-state index is -0.231. The molecule has 4 rings (SSSR count). The van der Waals surface area contributed by atoms with Gasteiger partial charge in [-0.25, -0.2) is 4.39 Å². The molecule has 26 heavy (non-hydrogen) atoms. The van der Waals surface area contributed by atoms with Crippen molar-refractivity contribution in [3.8, 4) is 17.1 Å². The number of hydrogen-bond acceptors (Lipinski definition) is 4. The normalized spacial score (nSPS) is 10.8. The molecule has 6 heteroatoms. The van der Waals surface area contributed by atoms with Crippen LogP contribution in [-0.4, -0.2) is 19.7 Å². The summed E-state index contributed by atoms with van der Waals surface area (Å²) in [7, 11) is 0. The van der Waals surface area contributed by atoms with Gasteiger partial charge in [0.05, 0.1) is 0 Å². The first kappa shape index (κ1) is 16.5. The highest BCUT2D eigenvalue weighted by Crippen LogP contribution is 2.29. The second-order valence-electron chi connectivity index (χ2n) is 5.63. The lowest BCUT2D eigenvalue weighted by molar-refractivity contribution is 0.626. The fourth-order valence-electron chi connectivity index (χ4n) is 2.64. The van der Waals surface area contributed by atoms with Gasteiger partial charge in [-0.05, 0) is 42.0 Å². The number of nitrogens with zero attached hydrogens (tertiary/aromatic N) is 4. The van der Waals surface area contributed by atoms with E-state index < -0.39 is 0 Å². The van der Waals surface area contributed by atoms with E-state index in [4.69, 9.17) is 0 Å². The highest BCUT2D eigenvalue weighted by atomic mass is 32.2. The molecule has 2 heterocycles. The van der Waals surface area contributed by atoms with E-state index in [2.05, 4.69) is 15.2 Å². The van der Waals surface area contributed by atoms with Gasteiger partial charge in [0.15, 0.2) is 11.0 Å². The average molecular weight is 362 g/mol. The molecule has 0 atom stereocenters. The predicted molar refractivity (Wildman–Crippen MR) is 101 cm³/mol. The van der Waals surface area contributed by atoms with Crippen molar-refractivity contribution in [2.24, 2.45) is 0 Å². The number of halogens is 1. The number of benzene rings is 2. The Labute approximate surface area is 154 Å². The molecule has 0 radical (unpaired) electrons. The topological polar surface area (TPSA) is 43.6 Å². The summed E-state index contributed by atoms with van der Waals surface area (Å²) in [6.45, 7) is 0. The summed E-state index contributed by atoms with van der Waals surface area (Å²) in [5, 5.41) is 9.51. The molecule has 2 aromatic heterocycles. The van der Waals surface area contributed by atoms with Gasteiger partial charge in [-0.1, -0.05) is 42.1 Å². The molecule has 128 valence electrons. The summed E-state index contributed by atoms with van der Waals surface area (Å²) in [4.78, 5) is 4.07. The molecule has 0 aliphatic rings. The van der Waals surface area contributed by atoms with Crippen molar-refractivity contribution < 1.29 is 4.39 Å². The summed E-state index contributed by atoms with van der Waals surface area (Å²) in [5.41, 5.74) is 2.82. The highest BCUT2D eigenvalue weighted by molar-refractivity contribution is 7.98. The molecule has 0 aliphatic heterocycles. The molecule has 4 aromatic rings. The van der Waals surface area contributed by atoms with Crippen LogP contribution in [0.15, 0.2) is 84.3 Å². The van der Waals surface area contributed by atoms with Gasteiger partial charge < -0.3 is 0 Å². The fourth-order valence-corrected chi connectivity index (χ4v) is 3.53. The van der Waals surface area contributed by atoms with Crippen molar-refractivity contribution in [2.45, 2.75) is 10.9 Å². The molecule has 0 fully saturated rings. The Bertz CT molecular complexity index is 1000. The predicted octanol–water partition coefficient (Wildman–Crippen LogP) is 4.76. The minimum absolute atomic E-state index is 0.231. The van der Waals surface area contributed by atoms with Crippen molar-refractivity contribution in [3.63, 3.8) is 0 Å². The first-order valence-corrected chi connectivity index (χ1v) is 9.08. The third kappa shape index (κ3) is 3.50. The molecule has 0 spiro atoms. The quantitative estimate of drug-likeness (QED) is 0.480. The van der Waals surface area contributed by atoms with Gasteiger partial charge in [-0.3, -0.25) is 9.55 Å². The third-order valence-corrected chi connectivity index (χ3v) is 4.84. The highest BCUT2D eigenvalue weighted by Gasteiger charge is 2.16. The number of aromatic nitrogens is 4. The Hall–Kier alpha value is -2.99. The number of thioether (sulfide) groups is 1. The second kappa shape index (κ2) is 7.49. The summed E-state index contributed by atoms with van der Waals surface area (Å²) < 4.78 is 15.4.